The second-order valence-electron chi connectivity index (χ2n) is 1.06. The molecule has 2 N–H and O–H groups in total. The highest BCUT2D eigenvalue weighted by molar-refractivity contribution is 5.85. The van der Waals surface area contributed by atoms with Gasteiger partial charge in [-0.25, -0.2) is 0 Å². The molecular weight excluding hydrogens is 131 g/mol. The van der Waals surface area contributed by atoms with E-state index in [2.05, 4.69) is 4.74 Å². The summed E-state index contributed by atoms with van der Waals surface area (Å²) in [5, 5.41) is 16.2. The molecule has 0 unspecified atom stereocenters. The largest absolute Gasteiger partial charge is 0.394 e. The first-order valence-corrected chi connectivity index (χ1v) is 2.21. The van der Waals surface area contributed by atoms with Crippen molar-refractivity contribution < 1.29 is 14.9 Å². The summed E-state index contributed by atoms with van der Waals surface area (Å²) in [6.07, 6.45) is 0. The van der Waals surface area contributed by atoms with E-state index < -0.39 is 0 Å². The molecule has 0 aromatic carbocycles. The van der Waals surface area contributed by atoms with E-state index in [1.165, 1.54) is 0 Å². The fraction of sp³-hybridized carbons (Fsp3) is 1.00. The maximum Gasteiger partial charge on any atom is 0.0698 e. The van der Waals surface area contributed by atoms with Gasteiger partial charge in [0, 0.05) is 0 Å². The van der Waals surface area contributed by atoms with E-state index in [1.807, 2.05) is 0 Å². The highest BCUT2D eigenvalue weighted by Crippen LogP contribution is 1.68. The highest BCUT2D eigenvalue weighted by Gasteiger charge is 1.79. The van der Waals surface area contributed by atoms with Gasteiger partial charge < -0.3 is 14.9 Å². The first-order valence-electron chi connectivity index (χ1n) is 2.21. The normalized spacial score (nSPS) is 8.25. The van der Waals surface area contributed by atoms with Gasteiger partial charge in [0.05, 0.1) is 26.4 Å². The molecular formula is C4H11ClO3. The van der Waals surface area contributed by atoms with Gasteiger partial charge in [-0.1, -0.05) is 0 Å². The van der Waals surface area contributed by atoms with Crippen LogP contribution in [0.15, 0.2) is 0 Å². The molecule has 0 spiro atoms. The summed E-state index contributed by atoms with van der Waals surface area (Å²) in [6, 6.07) is 0. The lowest BCUT2D eigenvalue weighted by atomic mass is 10.7. The fourth-order valence-corrected chi connectivity index (χ4v) is 0.231. The molecule has 0 atom stereocenters. The molecule has 3 nitrogen and oxygen atoms in total. The zero-order valence-electron chi connectivity index (χ0n) is 4.54. The monoisotopic (exact) mass is 142 g/mol. The number of aliphatic hydroxyl groups is 2. The molecule has 0 radical (unpaired) electrons. The van der Waals surface area contributed by atoms with E-state index in [4.69, 9.17) is 10.2 Å². The van der Waals surface area contributed by atoms with Crippen LogP contribution in [0.25, 0.3) is 0 Å². The van der Waals surface area contributed by atoms with Crippen molar-refractivity contribution in [1.29, 1.82) is 0 Å². The van der Waals surface area contributed by atoms with Crippen molar-refractivity contribution in [3.63, 3.8) is 0 Å². The molecule has 0 saturated heterocycles. The van der Waals surface area contributed by atoms with Gasteiger partial charge in [0.25, 0.3) is 0 Å². The SMILES string of the molecule is Cl.OCCOCCO. The second kappa shape index (κ2) is 10.2. The molecule has 0 saturated carbocycles. The minimum Gasteiger partial charge on any atom is -0.394 e. The van der Waals surface area contributed by atoms with Crippen LogP contribution in [0, 0.1) is 0 Å². The maximum atomic E-state index is 8.09. The van der Waals surface area contributed by atoms with Crippen molar-refractivity contribution in [1.82, 2.24) is 0 Å². The van der Waals surface area contributed by atoms with Gasteiger partial charge in [-0.05, 0) is 0 Å². The van der Waals surface area contributed by atoms with Crippen LogP contribution in [0.2, 0.25) is 0 Å². The third kappa shape index (κ3) is 9.48. The molecule has 0 bridgehead atoms. The molecule has 0 aliphatic carbocycles. The third-order valence-electron chi connectivity index (χ3n) is 0.471. The smallest absolute Gasteiger partial charge is 0.0698 e. The Labute approximate surface area is 54.7 Å². The molecule has 8 heavy (non-hydrogen) atoms. The van der Waals surface area contributed by atoms with Crippen molar-refractivity contribution >= 4 is 12.4 Å². The minimum absolute atomic E-state index is 0. The summed E-state index contributed by atoms with van der Waals surface area (Å²) in [6.45, 7) is 0.696. The topological polar surface area (TPSA) is 49.7 Å². The number of ether oxygens (including phenoxy) is 1. The summed E-state index contributed by atoms with van der Waals surface area (Å²) in [5.41, 5.74) is 0. The van der Waals surface area contributed by atoms with Crippen LogP contribution in [0.3, 0.4) is 0 Å². The Bertz CT molecular complexity index is 30.5. The molecule has 4 heteroatoms. The Hall–Kier alpha value is 0.170. The van der Waals surface area contributed by atoms with E-state index >= 15 is 0 Å². The number of halogens is 1. The minimum atomic E-state index is 0. The van der Waals surface area contributed by atoms with Gasteiger partial charge in [-0.2, -0.15) is 0 Å². The first kappa shape index (κ1) is 11.0. The van der Waals surface area contributed by atoms with E-state index in [0.717, 1.165) is 0 Å². The molecule has 0 fully saturated rings. The second-order valence-corrected chi connectivity index (χ2v) is 1.06. The van der Waals surface area contributed by atoms with Crippen LogP contribution in [0.1, 0.15) is 0 Å². The van der Waals surface area contributed by atoms with Gasteiger partial charge in [0.1, 0.15) is 0 Å². The molecule has 0 heterocycles. The number of hydrogen-bond donors (Lipinski definition) is 2. The van der Waals surface area contributed by atoms with Gasteiger partial charge in [-0.15, -0.1) is 12.4 Å². The molecule has 0 aliphatic heterocycles. The lowest BCUT2D eigenvalue weighted by molar-refractivity contribution is 0.0650. The van der Waals surface area contributed by atoms with Gasteiger partial charge in [0.15, 0.2) is 0 Å². The van der Waals surface area contributed by atoms with Crippen molar-refractivity contribution in [2.75, 3.05) is 26.4 Å². The van der Waals surface area contributed by atoms with Crippen LogP contribution in [-0.4, -0.2) is 36.6 Å². The van der Waals surface area contributed by atoms with Crippen LogP contribution in [0.4, 0.5) is 0 Å². The lowest BCUT2D eigenvalue weighted by Crippen LogP contribution is -2.03. The quantitative estimate of drug-likeness (QED) is 0.516. The van der Waals surface area contributed by atoms with E-state index in [1.54, 1.807) is 0 Å². The average molecular weight is 143 g/mol. The Kier molecular flexibility index (Phi) is 14.1. The zero-order valence-corrected chi connectivity index (χ0v) is 5.36. The Morgan fingerprint density at radius 2 is 1.38 bits per heavy atom. The van der Waals surface area contributed by atoms with E-state index in [-0.39, 0.29) is 25.6 Å². The fourth-order valence-electron chi connectivity index (χ4n) is 0.231. The summed E-state index contributed by atoms with van der Waals surface area (Å²) in [5.74, 6) is 0. The van der Waals surface area contributed by atoms with Crippen LogP contribution in [0.5, 0.6) is 0 Å². The van der Waals surface area contributed by atoms with Crippen molar-refractivity contribution in [3.05, 3.63) is 0 Å². The van der Waals surface area contributed by atoms with E-state index in [9.17, 15) is 0 Å². The predicted molar refractivity (Wildman–Crippen MR) is 32.2 cm³/mol. The van der Waals surface area contributed by atoms with Gasteiger partial charge >= 0.3 is 0 Å². The molecule has 52 valence electrons. The lowest BCUT2D eigenvalue weighted by Gasteiger charge is -1.94. The number of rotatable bonds is 4. The van der Waals surface area contributed by atoms with Gasteiger partial charge in [-0.3, -0.25) is 0 Å². The number of hydrogen-bond acceptors (Lipinski definition) is 3. The Morgan fingerprint density at radius 3 is 1.62 bits per heavy atom. The molecule has 0 amide bonds. The van der Waals surface area contributed by atoms with Crippen LogP contribution >= 0.6 is 12.4 Å². The van der Waals surface area contributed by atoms with Gasteiger partial charge in [0.2, 0.25) is 0 Å². The van der Waals surface area contributed by atoms with Crippen molar-refractivity contribution in [3.8, 4) is 0 Å². The molecule has 0 aromatic rings. The Balaban J connectivity index is 0. The Morgan fingerprint density at radius 1 is 1.00 bits per heavy atom. The summed E-state index contributed by atoms with van der Waals surface area (Å²) < 4.78 is 4.63. The highest BCUT2D eigenvalue weighted by atomic mass is 35.5. The predicted octanol–water partition coefficient (Wildman–Crippen LogP) is -0.591. The third-order valence-corrected chi connectivity index (χ3v) is 0.471. The van der Waals surface area contributed by atoms with E-state index in [0.29, 0.717) is 13.2 Å². The summed E-state index contributed by atoms with van der Waals surface area (Å²) >= 11 is 0. The summed E-state index contributed by atoms with van der Waals surface area (Å²) in [4.78, 5) is 0. The number of aliphatic hydroxyl groups excluding tert-OH is 2. The molecule has 0 aromatic heterocycles. The maximum absolute atomic E-state index is 8.09. The van der Waals surface area contributed by atoms with Crippen molar-refractivity contribution in [2.24, 2.45) is 0 Å². The van der Waals surface area contributed by atoms with Crippen LogP contribution in [-0.2, 0) is 4.74 Å². The van der Waals surface area contributed by atoms with Crippen LogP contribution < -0.4 is 0 Å². The van der Waals surface area contributed by atoms with Crippen molar-refractivity contribution in [2.45, 2.75) is 0 Å². The standard InChI is InChI=1S/C4H10O3.ClH/c5-1-3-7-4-2-6;/h5-6H,1-4H2;1H. The first-order chi connectivity index (χ1) is 3.41. The molecule has 0 aliphatic rings. The molecule has 0 rings (SSSR count). The summed E-state index contributed by atoms with van der Waals surface area (Å²) in [7, 11) is 0. The average Bonchev–Trinajstić information content (AvgIpc) is 1.69. The zero-order chi connectivity index (χ0) is 5.54.